The molecule has 16 heteroatoms. The molecule has 3 amide bonds. The van der Waals surface area contributed by atoms with Crippen LogP contribution in [0.4, 0.5) is 14.5 Å². The first-order chi connectivity index (χ1) is 26.2. The van der Waals surface area contributed by atoms with Gasteiger partial charge in [-0.05, 0) is 90.0 Å². The van der Waals surface area contributed by atoms with Gasteiger partial charge in [0, 0.05) is 30.9 Å². The first-order valence-electron chi connectivity index (χ1n) is 18.5. The van der Waals surface area contributed by atoms with E-state index in [0.717, 1.165) is 12.1 Å². The third kappa shape index (κ3) is 12.0. The number of alkyl halides is 2. The molecule has 2 aromatic carbocycles. The van der Waals surface area contributed by atoms with E-state index in [0.29, 0.717) is 36.2 Å². The lowest BCUT2D eigenvalue weighted by atomic mass is 9.85. The molecule has 0 saturated carbocycles. The van der Waals surface area contributed by atoms with Crippen LogP contribution in [0.1, 0.15) is 93.2 Å². The Hall–Kier alpha value is -4.46. The summed E-state index contributed by atoms with van der Waals surface area (Å²) in [6.07, 6.45) is 2.31. The first-order valence-corrected chi connectivity index (χ1v) is 20.1. The minimum absolute atomic E-state index is 0.238. The normalized spacial score (nSPS) is 16.1. The minimum atomic E-state index is -5.53. The summed E-state index contributed by atoms with van der Waals surface area (Å²) in [6, 6.07) is 11.8. The van der Waals surface area contributed by atoms with Gasteiger partial charge >= 0.3 is 25.2 Å². The lowest BCUT2D eigenvalue weighted by molar-refractivity contribution is -0.163. The molecule has 0 unspecified atom stereocenters. The van der Waals surface area contributed by atoms with Crippen molar-refractivity contribution in [2.75, 3.05) is 32.1 Å². The van der Waals surface area contributed by atoms with E-state index in [4.69, 9.17) is 18.5 Å². The highest BCUT2D eigenvalue weighted by atomic mass is 31.2. The molecule has 2 atom stereocenters. The molecular weight excluding hydrogens is 763 g/mol. The number of amides is 3. The van der Waals surface area contributed by atoms with Crippen LogP contribution in [0, 0.1) is 16.2 Å². The van der Waals surface area contributed by atoms with Crippen molar-refractivity contribution in [1.29, 1.82) is 0 Å². The van der Waals surface area contributed by atoms with Gasteiger partial charge in [0.05, 0.1) is 10.8 Å². The van der Waals surface area contributed by atoms with Crippen molar-refractivity contribution in [3.8, 4) is 0 Å². The van der Waals surface area contributed by atoms with Crippen LogP contribution in [0.5, 0.6) is 0 Å². The Balaban J connectivity index is 1.80. The van der Waals surface area contributed by atoms with Crippen LogP contribution >= 0.6 is 7.60 Å². The number of likely N-dealkylation sites (tertiary alicyclic amines) is 1. The molecule has 57 heavy (non-hydrogen) atoms. The lowest BCUT2D eigenvalue weighted by Crippen LogP contribution is -2.57. The van der Waals surface area contributed by atoms with Crippen molar-refractivity contribution in [1.82, 2.24) is 10.2 Å². The molecule has 1 aliphatic heterocycles. The van der Waals surface area contributed by atoms with Crippen LogP contribution in [0.25, 0.3) is 5.57 Å². The summed E-state index contributed by atoms with van der Waals surface area (Å²) in [7, 11) is -3.88. The van der Waals surface area contributed by atoms with E-state index in [1.54, 1.807) is 46.9 Å². The van der Waals surface area contributed by atoms with Crippen LogP contribution in [0.3, 0.4) is 0 Å². The summed E-state index contributed by atoms with van der Waals surface area (Å²) in [5.41, 5.74) is -6.54. The second-order valence-corrected chi connectivity index (χ2v) is 19.1. The van der Waals surface area contributed by atoms with E-state index < -0.39 is 84.5 Å². The van der Waals surface area contributed by atoms with Crippen molar-refractivity contribution in [2.24, 2.45) is 16.2 Å². The number of carbonyl (C=O) groups excluding carboxylic acids is 5. The highest BCUT2D eigenvalue weighted by molar-refractivity contribution is 7.54. The average molecular weight is 820 g/mol. The average Bonchev–Trinajstić information content (AvgIpc) is 3.62. The SMILES string of the molecule is C/C(=C\C(=O)N[C@H](C(=O)N1CCC[C@H]1C(=O)N(C)c1ccccc1)C(C)(C)C)c1ccc(C(F)(F)P(=O)(OCOC(=O)C(C)(C)C)OCOC(=O)C(C)(C)C)cc1. The second-order valence-electron chi connectivity index (χ2n) is 17.0. The summed E-state index contributed by atoms with van der Waals surface area (Å²) in [4.78, 5) is 68.4. The third-order valence-electron chi connectivity index (χ3n) is 9.12. The van der Waals surface area contributed by atoms with Gasteiger partial charge in [0.2, 0.25) is 31.3 Å². The number of benzene rings is 2. The minimum Gasteiger partial charge on any atom is -0.438 e. The Morgan fingerprint density at radius 1 is 0.860 bits per heavy atom. The Bertz CT molecular complexity index is 1810. The number of hydrogen-bond donors (Lipinski definition) is 1. The Kier molecular flexibility index (Phi) is 15.2. The van der Waals surface area contributed by atoms with Gasteiger partial charge in [-0.1, -0.05) is 63.2 Å². The van der Waals surface area contributed by atoms with E-state index in [-0.39, 0.29) is 5.91 Å². The Morgan fingerprint density at radius 3 is 1.84 bits per heavy atom. The van der Waals surface area contributed by atoms with E-state index in [9.17, 15) is 28.5 Å². The van der Waals surface area contributed by atoms with Crippen molar-refractivity contribution >= 4 is 48.5 Å². The largest absolute Gasteiger partial charge is 0.438 e. The number of nitrogens with one attached hydrogen (secondary N) is 1. The summed E-state index contributed by atoms with van der Waals surface area (Å²) in [5, 5.41) is 2.79. The number of carbonyl (C=O) groups is 5. The van der Waals surface area contributed by atoms with Crippen molar-refractivity contribution in [3.63, 3.8) is 0 Å². The van der Waals surface area contributed by atoms with Crippen LogP contribution in [-0.4, -0.2) is 73.8 Å². The fraction of sp³-hybridized carbons (Fsp3) is 0.537. The molecule has 13 nitrogen and oxygen atoms in total. The summed E-state index contributed by atoms with van der Waals surface area (Å²) in [6.45, 7) is 14.2. The van der Waals surface area contributed by atoms with Crippen molar-refractivity contribution in [3.05, 3.63) is 71.8 Å². The zero-order chi connectivity index (χ0) is 43.1. The van der Waals surface area contributed by atoms with Gasteiger partial charge in [0.25, 0.3) is 0 Å². The Morgan fingerprint density at radius 2 is 1.37 bits per heavy atom. The molecular formula is C41H56F2N3O10P. The standard InChI is InChI=1S/C41H56F2N3O10P/c1-27(24-32(47)44-33(38(2,3)4)35(49)46-23-15-18-31(46)34(48)45(11)30-16-13-12-14-17-30)28-19-21-29(22-20-28)41(42,43)57(52,55-25-53-36(50)39(5,6)7)56-26-54-37(51)40(8,9)10/h12-14,16-17,19-22,24,31,33H,15,18,23,25-26H2,1-11H3,(H,44,47)/b27-24+/t31-,33+/m0/s1. The number of esters is 2. The summed E-state index contributed by atoms with van der Waals surface area (Å²) in [5.74, 6) is -2.89. The number of allylic oxidation sites excluding steroid dienone is 1. The van der Waals surface area contributed by atoms with Gasteiger partial charge in [-0.2, -0.15) is 8.78 Å². The quantitative estimate of drug-likeness (QED) is 0.0869. The Labute approximate surface area is 334 Å². The smallest absolute Gasteiger partial charge is 0.410 e. The number of anilines is 1. The van der Waals surface area contributed by atoms with E-state index in [1.165, 1.54) is 69.6 Å². The molecule has 0 radical (unpaired) electrons. The highest BCUT2D eigenvalue weighted by Crippen LogP contribution is 2.67. The van der Waals surface area contributed by atoms with Gasteiger partial charge in [0.15, 0.2) is 0 Å². The zero-order valence-electron chi connectivity index (χ0n) is 34.6. The number of para-hydroxylation sites is 1. The van der Waals surface area contributed by atoms with Gasteiger partial charge < -0.3 is 24.6 Å². The third-order valence-corrected chi connectivity index (χ3v) is 11.0. The first kappa shape index (κ1) is 46.9. The van der Waals surface area contributed by atoms with Gasteiger partial charge in [-0.15, -0.1) is 0 Å². The van der Waals surface area contributed by atoms with Crippen LogP contribution < -0.4 is 10.2 Å². The van der Waals surface area contributed by atoms with Crippen LogP contribution in [0.2, 0.25) is 0 Å². The van der Waals surface area contributed by atoms with Crippen LogP contribution in [-0.2, 0) is 52.7 Å². The van der Waals surface area contributed by atoms with Gasteiger partial charge in [-0.3, -0.25) is 37.6 Å². The molecule has 314 valence electrons. The molecule has 0 aliphatic carbocycles. The molecule has 1 saturated heterocycles. The monoisotopic (exact) mass is 819 g/mol. The molecule has 1 heterocycles. The number of hydrogen-bond acceptors (Lipinski definition) is 10. The predicted molar refractivity (Wildman–Crippen MR) is 211 cm³/mol. The molecule has 0 bridgehead atoms. The van der Waals surface area contributed by atoms with Crippen molar-refractivity contribution < 1.29 is 55.8 Å². The van der Waals surface area contributed by atoms with Crippen molar-refractivity contribution in [2.45, 2.75) is 99.8 Å². The van der Waals surface area contributed by atoms with Gasteiger partial charge in [-0.25, -0.2) is 0 Å². The molecule has 0 spiro atoms. The molecule has 2 aromatic rings. The summed E-state index contributed by atoms with van der Waals surface area (Å²) < 4.78 is 65.3. The maximum atomic E-state index is 16.0. The molecule has 1 aliphatic rings. The molecule has 1 fully saturated rings. The topological polar surface area (TPSA) is 158 Å². The maximum absolute atomic E-state index is 16.0. The van der Waals surface area contributed by atoms with E-state index in [2.05, 4.69) is 5.32 Å². The number of ether oxygens (including phenoxy) is 2. The van der Waals surface area contributed by atoms with E-state index in [1.807, 2.05) is 18.2 Å². The fourth-order valence-electron chi connectivity index (χ4n) is 5.59. The number of rotatable bonds is 14. The second kappa shape index (κ2) is 18.4. The van der Waals surface area contributed by atoms with Gasteiger partial charge in [0.1, 0.15) is 12.1 Å². The molecule has 3 rings (SSSR count). The van der Waals surface area contributed by atoms with E-state index >= 15 is 8.78 Å². The number of nitrogens with zero attached hydrogens (tertiary/aromatic N) is 2. The number of halogens is 2. The summed E-state index contributed by atoms with van der Waals surface area (Å²) >= 11 is 0. The molecule has 1 N–H and O–H groups in total. The maximum Gasteiger partial charge on any atom is 0.410 e. The molecule has 0 aromatic heterocycles. The highest BCUT2D eigenvalue weighted by Gasteiger charge is 2.56. The van der Waals surface area contributed by atoms with Crippen LogP contribution in [0.15, 0.2) is 60.7 Å². The number of likely N-dealkylation sites (N-methyl/N-ethyl adjacent to an activating group) is 1. The predicted octanol–water partition coefficient (Wildman–Crippen LogP) is 7.64. The zero-order valence-corrected chi connectivity index (χ0v) is 35.5. The fourth-order valence-corrected chi connectivity index (χ4v) is 6.84. The lowest BCUT2D eigenvalue weighted by Gasteiger charge is -2.36.